The van der Waals surface area contributed by atoms with Crippen molar-refractivity contribution in [3.05, 3.63) is 87.9 Å². The van der Waals surface area contributed by atoms with E-state index in [-0.39, 0.29) is 42.3 Å². The first-order chi connectivity index (χ1) is 24.2. The van der Waals surface area contributed by atoms with Gasteiger partial charge in [-0.15, -0.1) is 23.1 Å². The van der Waals surface area contributed by atoms with Crippen LogP contribution in [0.5, 0.6) is 0 Å². The average Bonchev–Trinajstić information content (AvgIpc) is 3.82. The molecule has 50 heavy (non-hydrogen) atoms. The molecule has 0 aliphatic carbocycles. The van der Waals surface area contributed by atoms with E-state index in [1.54, 1.807) is 35.7 Å². The summed E-state index contributed by atoms with van der Waals surface area (Å²) in [4.78, 5) is 52.9. The lowest BCUT2D eigenvalue weighted by atomic mass is 9.95. The average molecular weight is 742 g/mol. The number of thiazole rings is 1. The third-order valence-electron chi connectivity index (χ3n) is 8.17. The second kappa shape index (κ2) is 20.9. The summed E-state index contributed by atoms with van der Waals surface area (Å²) in [7, 11) is 1.68. The Morgan fingerprint density at radius 3 is 2.14 bits per heavy atom. The number of carbonyl (C=O) groups is 3. The molecular formula is C36H48ClN7O4S2. The van der Waals surface area contributed by atoms with Crippen molar-refractivity contribution in [1.82, 2.24) is 30.7 Å². The summed E-state index contributed by atoms with van der Waals surface area (Å²) >= 11 is 8.92. The summed E-state index contributed by atoms with van der Waals surface area (Å²) in [6.07, 6.45) is 2.15. The fraction of sp³-hybridized carbons (Fsp3) is 0.472. The Kier molecular flexibility index (Phi) is 16.4. The fourth-order valence-corrected chi connectivity index (χ4v) is 7.05. The molecule has 3 aromatic rings. The van der Waals surface area contributed by atoms with Crippen LogP contribution in [0.25, 0.3) is 0 Å². The molecule has 4 amide bonds. The predicted octanol–water partition coefficient (Wildman–Crippen LogP) is 5.90. The Balaban J connectivity index is 1.42. The first-order valence-corrected chi connectivity index (χ1v) is 19.1. The fourth-order valence-electron chi connectivity index (χ4n) is 5.46. The lowest BCUT2D eigenvalue weighted by Gasteiger charge is -2.27. The predicted molar refractivity (Wildman–Crippen MR) is 203 cm³/mol. The maximum Gasteiger partial charge on any atom is 0.407 e. The number of thioether (sulfide) groups is 1. The van der Waals surface area contributed by atoms with Crippen molar-refractivity contribution in [2.24, 2.45) is 4.99 Å². The van der Waals surface area contributed by atoms with Crippen molar-refractivity contribution in [2.45, 2.75) is 81.8 Å². The summed E-state index contributed by atoms with van der Waals surface area (Å²) in [5.41, 5.74) is 4.74. The number of aromatic nitrogens is 1. The minimum Gasteiger partial charge on any atom is -0.448 e. The Labute approximate surface area is 308 Å². The van der Waals surface area contributed by atoms with Crippen LogP contribution in [0.4, 0.5) is 9.59 Å². The molecule has 2 heterocycles. The largest absolute Gasteiger partial charge is 0.448 e. The van der Waals surface area contributed by atoms with Crippen LogP contribution in [0, 0.1) is 0 Å². The smallest absolute Gasteiger partial charge is 0.407 e. The highest BCUT2D eigenvalue weighted by Crippen LogP contribution is 2.20. The molecule has 14 heteroatoms. The van der Waals surface area contributed by atoms with E-state index in [0.29, 0.717) is 51.2 Å². The molecule has 4 atom stereocenters. The number of aliphatic imine (C=N–C) groups is 1. The number of ether oxygens (including phenoxy) is 1. The van der Waals surface area contributed by atoms with Gasteiger partial charge in [0.25, 0.3) is 0 Å². The molecule has 0 spiro atoms. The van der Waals surface area contributed by atoms with Crippen LogP contribution >= 0.6 is 34.9 Å². The summed E-state index contributed by atoms with van der Waals surface area (Å²) < 4.78 is 5.55. The number of nitrogens with one attached hydrogen (secondary N) is 4. The van der Waals surface area contributed by atoms with E-state index in [9.17, 15) is 14.4 Å². The molecule has 270 valence electrons. The molecule has 1 aliphatic rings. The van der Waals surface area contributed by atoms with Gasteiger partial charge in [-0.25, -0.2) is 19.4 Å². The third kappa shape index (κ3) is 13.6. The molecule has 1 unspecified atom stereocenters. The Morgan fingerprint density at radius 2 is 1.58 bits per heavy atom. The maximum absolute atomic E-state index is 13.8. The lowest BCUT2D eigenvalue weighted by Crippen LogP contribution is -2.53. The zero-order valence-electron chi connectivity index (χ0n) is 28.8. The van der Waals surface area contributed by atoms with E-state index in [2.05, 4.69) is 44.6 Å². The zero-order chi connectivity index (χ0) is 35.7. The van der Waals surface area contributed by atoms with Gasteiger partial charge in [0, 0.05) is 37.0 Å². The summed E-state index contributed by atoms with van der Waals surface area (Å²) in [6, 6.07) is 18.2. The van der Waals surface area contributed by atoms with Gasteiger partial charge in [-0.05, 0) is 55.0 Å². The second-order valence-corrected chi connectivity index (χ2v) is 15.0. The molecule has 4 rings (SSSR count). The third-order valence-corrected chi connectivity index (χ3v) is 10.5. The Bertz CT molecular complexity index is 1500. The normalized spacial score (nSPS) is 15.7. The van der Waals surface area contributed by atoms with Crippen LogP contribution in [-0.4, -0.2) is 83.6 Å². The van der Waals surface area contributed by atoms with Crippen molar-refractivity contribution in [1.29, 1.82) is 0 Å². The summed E-state index contributed by atoms with van der Waals surface area (Å²) in [6.45, 7) is 5.71. The zero-order valence-corrected chi connectivity index (χ0v) is 31.2. The molecular weight excluding hydrogens is 694 g/mol. The van der Waals surface area contributed by atoms with Crippen LogP contribution in [-0.2, 0) is 28.9 Å². The highest BCUT2D eigenvalue weighted by Gasteiger charge is 2.26. The number of hydrogen-bond acceptors (Lipinski definition) is 9. The number of rotatable bonds is 19. The lowest BCUT2D eigenvalue weighted by molar-refractivity contribution is -0.123. The van der Waals surface area contributed by atoms with E-state index in [1.165, 1.54) is 4.90 Å². The summed E-state index contributed by atoms with van der Waals surface area (Å²) in [5.74, 6) is 0.000904. The van der Waals surface area contributed by atoms with Crippen molar-refractivity contribution < 1.29 is 19.1 Å². The van der Waals surface area contributed by atoms with Gasteiger partial charge < -0.3 is 25.6 Å². The number of benzene rings is 2. The van der Waals surface area contributed by atoms with Crippen LogP contribution in [0.2, 0.25) is 0 Å². The number of carbonyl (C=O) groups excluding carboxylic acids is 3. The Morgan fingerprint density at radius 1 is 0.940 bits per heavy atom. The highest BCUT2D eigenvalue weighted by molar-refractivity contribution is 8.12. The van der Waals surface area contributed by atoms with Gasteiger partial charge in [-0.3, -0.25) is 9.79 Å². The number of urea groups is 1. The number of hydrogen-bond donors (Lipinski definition) is 4. The molecule has 0 saturated carbocycles. The molecule has 1 aromatic heterocycles. The van der Waals surface area contributed by atoms with Crippen LogP contribution in [0.3, 0.4) is 0 Å². The van der Waals surface area contributed by atoms with Gasteiger partial charge >= 0.3 is 12.1 Å². The standard InChI is InChI=1S/C36H48ClN7O4S2/c1-25(2)34-41-30(23-49-34)21-44(3)35(46)43-32(16-17-39-37)33(45)40-28(18-26-10-6-4-7-11-26)14-15-29(19-27-12-8-5-9-13-27)42-36(47)48-22-31-20-38-24-50-31/h4-13,23-25,28-29,31-32,39H,14-22H2,1-3H3,(H,40,45)(H,42,47)(H,43,46)/t28-,29-,31?,32-/m0/s1. The molecule has 0 bridgehead atoms. The topological polar surface area (TPSA) is 137 Å². The van der Waals surface area contributed by atoms with Crippen molar-refractivity contribution >= 4 is 58.5 Å². The SMILES string of the molecule is CC(C)c1nc(CN(C)C(=O)N[C@@H](CCNCl)C(=O)N[C@@H](CC[C@@H](Cc2ccccc2)NC(=O)OCC2CN=CS2)Cc2ccccc2)cs1. The molecule has 0 radical (unpaired) electrons. The van der Waals surface area contributed by atoms with Gasteiger partial charge in [-0.1, -0.05) is 74.5 Å². The van der Waals surface area contributed by atoms with E-state index in [1.807, 2.05) is 66.0 Å². The number of alkyl carbamates (subject to hydrolysis) is 1. The Hall–Kier alpha value is -3.65. The first kappa shape index (κ1) is 39.1. The maximum atomic E-state index is 13.8. The van der Waals surface area contributed by atoms with Gasteiger partial charge in [0.15, 0.2) is 0 Å². The van der Waals surface area contributed by atoms with Crippen LogP contribution in [0.15, 0.2) is 71.0 Å². The van der Waals surface area contributed by atoms with Gasteiger partial charge in [0.05, 0.1) is 34.6 Å². The summed E-state index contributed by atoms with van der Waals surface area (Å²) in [5, 5.41) is 12.3. The van der Waals surface area contributed by atoms with Gasteiger partial charge in [0.1, 0.15) is 12.6 Å². The van der Waals surface area contributed by atoms with E-state index >= 15 is 0 Å². The number of halogens is 1. The van der Waals surface area contributed by atoms with E-state index in [0.717, 1.165) is 21.8 Å². The number of amides is 4. The van der Waals surface area contributed by atoms with Crippen LogP contribution < -0.4 is 20.8 Å². The van der Waals surface area contributed by atoms with Crippen molar-refractivity contribution in [3.8, 4) is 0 Å². The molecule has 11 nitrogen and oxygen atoms in total. The minimum absolute atomic E-state index is 0.131. The van der Waals surface area contributed by atoms with E-state index < -0.39 is 12.1 Å². The van der Waals surface area contributed by atoms with E-state index in [4.69, 9.17) is 16.5 Å². The van der Waals surface area contributed by atoms with Gasteiger partial charge in [0.2, 0.25) is 5.91 Å². The first-order valence-electron chi connectivity index (χ1n) is 16.9. The second-order valence-electron chi connectivity index (χ2n) is 12.7. The molecule has 4 N–H and O–H groups in total. The quantitative estimate of drug-likeness (QED) is 0.112. The number of nitrogens with zero attached hydrogens (tertiary/aromatic N) is 3. The monoisotopic (exact) mass is 741 g/mol. The van der Waals surface area contributed by atoms with Crippen molar-refractivity contribution in [2.75, 3.05) is 26.7 Å². The molecule has 1 aliphatic heterocycles. The van der Waals surface area contributed by atoms with Gasteiger partial charge in [-0.2, -0.15) is 0 Å². The minimum atomic E-state index is -0.832. The molecule has 2 aromatic carbocycles. The molecule has 0 fully saturated rings. The highest BCUT2D eigenvalue weighted by atomic mass is 35.5. The van der Waals surface area contributed by atoms with Crippen molar-refractivity contribution in [3.63, 3.8) is 0 Å². The molecule has 0 saturated heterocycles. The van der Waals surface area contributed by atoms with Crippen LogP contribution in [0.1, 0.15) is 60.9 Å².